The number of amides is 2. The molecule has 2 amide bonds. The van der Waals surface area contributed by atoms with Gasteiger partial charge < -0.3 is 19.3 Å². The molecule has 1 aliphatic carbocycles. The van der Waals surface area contributed by atoms with E-state index in [0.717, 1.165) is 43.2 Å². The Morgan fingerprint density at radius 2 is 1.71 bits per heavy atom. The van der Waals surface area contributed by atoms with Crippen LogP contribution in [0.1, 0.15) is 63.1 Å². The summed E-state index contributed by atoms with van der Waals surface area (Å²) >= 11 is 0. The van der Waals surface area contributed by atoms with E-state index in [0.29, 0.717) is 37.0 Å². The smallest absolute Gasteiger partial charge is 0.250 e. The Morgan fingerprint density at radius 1 is 0.971 bits per heavy atom. The van der Waals surface area contributed by atoms with Crippen molar-refractivity contribution in [1.82, 2.24) is 9.80 Å². The third kappa shape index (κ3) is 5.80. The highest BCUT2D eigenvalue weighted by Gasteiger charge is 2.43. The molecule has 0 aromatic heterocycles. The fourth-order valence-corrected chi connectivity index (χ4v) is 5.27. The van der Waals surface area contributed by atoms with Crippen molar-refractivity contribution in [3.8, 4) is 11.5 Å². The summed E-state index contributed by atoms with van der Waals surface area (Å²) in [6, 6.07) is 15.2. The number of ether oxygens (including phenoxy) is 2. The first-order chi connectivity index (χ1) is 17.0. The van der Waals surface area contributed by atoms with Crippen LogP contribution < -0.4 is 9.47 Å². The molecule has 188 valence electrons. The number of methoxy groups -OCH3 is 1. The molecule has 2 aromatic carbocycles. The van der Waals surface area contributed by atoms with Gasteiger partial charge in [-0.2, -0.15) is 0 Å². The van der Waals surface area contributed by atoms with E-state index in [4.69, 9.17) is 9.47 Å². The summed E-state index contributed by atoms with van der Waals surface area (Å²) in [7, 11) is 1.61. The van der Waals surface area contributed by atoms with Gasteiger partial charge >= 0.3 is 0 Å². The van der Waals surface area contributed by atoms with Crippen molar-refractivity contribution in [2.24, 2.45) is 5.92 Å². The van der Waals surface area contributed by atoms with Crippen LogP contribution in [0.4, 0.5) is 0 Å². The van der Waals surface area contributed by atoms with E-state index in [1.807, 2.05) is 41.3 Å². The molecule has 4 rings (SSSR count). The average molecular weight is 479 g/mol. The van der Waals surface area contributed by atoms with Crippen LogP contribution in [0.25, 0.3) is 0 Å². The van der Waals surface area contributed by atoms with E-state index in [1.165, 1.54) is 0 Å². The van der Waals surface area contributed by atoms with Gasteiger partial charge in [-0.3, -0.25) is 9.59 Å². The molecule has 0 bridgehead atoms. The fourth-order valence-electron chi connectivity index (χ4n) is 5.27. The molecule has 1 atom stereocenters. The standard InChI is InChI=1S/C29H38N2O4/c1-4-18-35-25-15-12-23(19-26(25)34-3)28-29(33)31(24-13-10-21(2)11-14-24)20-27(32)30(28)17-16-22-8-6-5-7-9-22/h5-9,12,15,19,21,24,28H,4,10-11,13-14,16-18,20H2,1-3H3/t21?,24?,28-/m0/s1. The third-order valence-corrected chi connectivity index (χ3v) is 7.33. The zero-order valence-electron chi connectivity index (χ0n) is 21.2. The lowest BCUT2D eigenvalue weighted by atomic mass is 9.85. The van der Waals surface area contributed by atoms with Gasteiger partial charge in [0.1, 0.15) is 12.6 Å². The lowest BCUT2D eigenvalue weighted by molar-refractivity contribution is -0.159. The number of nitrogens with zero attached hydrogens (tertiary/aromatic N) is 2. The van der Waals surface area contributed by atoms with Crippen molar-refractivity contribution < 1.29 is 19.1 Å². The van der Waals surface area contributed by atoms with Crippen LogP contribution in [0.15, 0.2) is 48.5 Å². The summed E-state index contributed by atoms with van der Waals surface area (Å²) in [4.78, 5) is 31.1. The number of rotatable bonds is 9. The summed E-state index contributed by atoms with van der Waals surface area (Å²) in [6.07, 6.45) is 5.72. The summed E-state index contributed by atoms with van der Waals surface area (Å²) in [5.74, 6) is 1.94. The first kappa shape index (κ1) is 25.1. The summed E-state index contributed by atoms with van der Waals surface area (Å²) < 4.78 is 11.4. The van der Waals surface area contributed by atoms with Crippen molar-refractivity contribution in [3.05, 3.63) is 59.7 Å². The molecule has 0 spiro atoms. The van der Waals surface area contributed by atoms with Gasteiger partial charge in [-0.1, -0.05) is 50.2 Å². The largest absolute Gasteiger partial charge is 0.493 e. The van der Waals surface area contributed by atoms with Crippen LogP contribution >= 0.6 is 0 Å². The average Bonchev–Trinajstić information content (AvgIpc) is 2.88. The van der Waals surface area contributed by atoms with Crippen molar-refractivity contribution in [1.29, 1.82) is 0 Å². The molecule has 2 aliphatic rings. The highest BCUT2D eigenvalue weighted by atomic mass is 16.5. The van der Waals surface area contributed by atoms with Crippen LogP contribution in [-0.4, -0.2) is 54.5 Å². The molecule has 1 aliphatic heterocycles. The van der Waals surface area contributed by atoms with Gasteiger partial charge in [-0.05, 0) is 67.7 Å². The summed E-state index contributed by atoms with van der Waals surface area (Å²) in [5.41, 5.74) is 1.92. The SMILES string of the molecule is CCCOc1ccc([C@H]2C(=O)N(C3CCC(C)CC3)CC(=O)N2CCc2ccccc2)cc1OC. The minimum Gasteiger partial charge on any atom is -0.493 e. The predicted octanol–water partition coefficient (Wildman–Crippen LogP) is 5.02. The first-order valence-electron chi connectivity index (χ1n) is 13.0. The Hall–Kier alpha value is -3.02. The van der Waals surface area contributed by atoms with Crippen LogP contribution in [0.2, 0.25) is 0 Å². The number of hydrogen-bond acceptors (Lipinski definition) is 4. The van der Waals surface area contributed by atoms with Crippen molar-refractivity contribution in [2.45, 2.75) is 64.5 Å². The van der Waals surface area contributed by atoms with Crippen LogP contribution in [-0.2, 0) is 16.0 Å². The lowest BCUT2D eigenvalue weighted by Gasteiger charge is -2.45. The topological polar surface area (TPSA) is 59.1 Å². The van der Waals surface area contributed by atoms with Crippen LogP contribution in [0.5, 0.6) is 11.5 Å². The molecule has 0 radical (unpaired) electrons. The van der Waals surface area contributed by atoms with Crippen LogP contribution in [0.3, 0.4) is 0 Å². The highest BCUT2D eigenvalue weighted by Crippen LogP contribution is 2.37. The van der Waals surface area contributed by atoms with E-state index < -0.39 is 6.04 Å². The highest BCUT2D eigenvalue weighted by molar-refractivity contribution is 5.96. The molecular formula is C29H38N2O4. The zero-order chi connectivity index (χ0) is 24.8. The Labute approximate surface area is 209 Å². The Kier molecular flexibility index (Phi) is 8.32. The predicted molar refractivity (Wildman–Crippen MR) is 137 cm³/mol. The van der Waals surface area contributed by atoms with Crippen molar-refractivity contribution >= 4 is 11.8 Å². The molecule has 1 saturated carbocycles. The monoisotopic (exact) mass is 478 g/mol. The maximum atomic E-state index is 14.0. The van der Waals surface area contributed by atoms with Crippen molar-refractivity contribution in [2.75, 3.05) is 26.8 Å². The molecule has 0 unspecified atom stereocenters. The molecule has 1 heterocycles. The van der Waals surface area contributed by atoms with E-state index in [1.54, 1.807) is 12.0 Å². The lowest BCUT2D eigenvalue weighted by Crippen LogP contribution is -2.59. The van der Waals surface area contributed by atoms with E-state index in [-0.39, 0.29) is 24.4 Å². The number of carbonyl (C=O) groups excluding carboxylic acids is 2. The van der Waals surface area contributed by atoms with E-state index >= 15 is 0 Å². The Balaban J connectivity index is 1.64. The quantitative estimate of drug-likeness (QED) is 0.508. The normalized spacial score (nSPS) is 22.9. The number of benzene rings is 2. The van der Waals surface area contributed by atoms with Gasteiger partial charge in [0.2, 0.25) is 5.91 Å². The molecule has 0 N–H and O–H groups in total. The van der Waals surface area contributed by atoms with E-state index in [9.17, 15) is 9.59 Å². The van der Waals surface area contributed by atoms with Gasteiger partial charge in [-0.25, -0.2) is 0 Å². The molecule has 35 heavy (non-hydrogen) atoms. The van der Waals surface area contributed by atoms with E-state index in [2.05, 4.69) is 26.0 Å². The second-order valence-electron chi connectivity index (χ2n) is 9.86. The number of hydrogen-bond donors (Lipinski definition) is 0. The second kappa shape index (κ2) is 11.6. The third-order valence-electron chi connectivity index (χ3n) is 7.33. The van der Waals surface area contributed by atoms with Gasteiger partial charge in [0.05, 0.1) is 13.7 Å². The summed E-state index contributed by atoms with van der Waals surface area (Å²) in [5, 5.41) is 0. The number of piperazine rings is 1. The minimum absolute atomic E-state index is 0.00873. The molecular weight excluding hydrogens is 440 g/mol. The molecule has 6 nitrogen and oxygen atoms in total. The molecule has 6 heteroatoms. The maximum Gasteiger partial charge on any atom is 0.250 e. The minimum atomic E-state index is -0.659. The maximum absolute atomic E-state index is 14.0. The number of carbonyl (C=O) groups is 2. The first-order valence-corrected chi connectivity index (χ1v) is 13.0. The van der Waals surface area contributed by atoms with Crippen molar-refractivity contribution in [3.63, 3.8) is 0 Å². The Bertz CT molecular complexity index is 1000. The second-order valence-corrected chi connectivity index (χ2v) is 9.86. The molecule has 1 saturated heterocycles. The summed E-state index contributed by atoms with van der Waals surface area (Å²) in [6.45, 7) is 5.57. The van der Waals surface area contributed by atoms with Crippen LogP contribution in [0, 0.1) is 5.92 Å². The van der Waals surface area contributed by atoms with Gasteiger partial charge in [0.25, 0.3) is 5.91 Å². The molecule has 2 fully saturated rings. The van der Waals surface area contributed by atoms with Gasteiger partial charge in [0, 0.05) is 12.6 Å². The van der Waals surface area contributed by atoms with Gasteiger partial charge in [-0.15, -0.1) is 0 Å². The fraction of sp³-hybridized carbons (Fsp3) is 0.517. The zero-order valence-corrected chi connectivity index (χ0v) is 21.2. The van der Waals surface area contributed by atoms with Gasteiger partial charge in [0.15, 0.2) is 11.5 Å². The Morgan fingerprint density at radius 3 is 2.40 bits per heavy atom. The molecule has 2 aromatic rings.